The van der Waals surface area contributed by atoms with Crippen LogP contribution in [0.25, 0.3) is 0 Å². The second kappa shape index (κ2) is 5.06. The summed E-state index contributed by atoms with van der Waals surface area (Å²) >= 11 is 0. The summed E-state index contributed by atoms with van der Waals surface area (Å²) < 4.78 is 5.03. The molecule has 0 aliphatic carbocycles. The number of hydrogen-bond donors (Lipinski definition) is 1. The van der Waals surface area contributed by atoms with Crippen LogP contribution in [-0.2, 0) is 4.74 Å². The zero-order valence-electron chi connectivity index (χ0n) is 5.42. The molecule has 0 rings (SSSR count). The average Bonchev–Trinajstić information content (AvgIpc) is 1.83. The van der Waals surface area contributed by atoms with Crippen LogP contribution in [0.15, 0.2) is 0 Å². The van der Waals surface area contributed by atoms with Gasteiger partial charge in [-0.1, -0.05) is 6.92 Å². The van der Waals surface area contributed by atoms with Crippen LogP contribution in [0.5, 0.6) is 0 Å². The van der Waals surface area contributed by atoms with E-state index in [4.69, 9.17) is 9.84 Å². The highest BCUT2D eigenvalue weighted by Crippen LogP contribution is 1.88. The van der Waals surface area contributed by atoms with Gasteiger partial charge in [0, 0.05) is 6.61 Å². The Labute approximate surface area is 50.5 Å². The van der Waals surface area contributed by atoms with Crippen LogP contribution in [0.1, 0.15) is 13.8 Å². The van der Waals surface area contributed by atoms with E-state index in [9.17, 15) is 0 Å². The summed E-state index contributed by atoms with van der Waals surface area (Å²) in [6.07, 6.45) is 1.89. The molecule has 0 amide bonds. The topological polar surface area (TPSA) is 29.5 Å². The Morgan fingerprint density at radius 1 is 1.75 bits per heavy atom. The maximum absolute atomic E-state index is 8.42. The van der Waals surface area contributed by atoms with Gasteiger partial charge in [-0.3, -0.25) is 0 Å². The number of aliphatic hydroxyl groups excluding tert-OH is 1. The van der Waals surface area contributed by atoms with Crippen molar-refractivity contribution in [3.05, 3.63) is 6.42 Å². The molecule has 1 N–H and O–H groups in total. The van der Waals surface area contributed by atoms with E-state index >= 15 is 0 Å². The summed E-state index contributed by atoms with van der Waals surface area (Å²) in [5.74, 6) is 0. The lowest BCUT2D eigenvalue weighted by Gasteiger charge is -2.06. The molecule has 0 aromatic heterocycles. The van der Waals surface area contributed by atoms with Gasteiger partial charge in [0.2, 0.25) is 0 Å². The van der Waals surface area contributed by atoms with Gasteiger partial charge in [-0.2, -0.15) is 0 Å². The second-order valence-electron chi connectivity index (χ2n) is 1.73. The fourth-order valence-corrected chi connectivity index (χ4v) is 0.313. The largest absolute Gasteiger partial charge is 0.394 e. The number of hydrogen-bond acceptors (Lipinski definition) is 2. The highest BCUT2D eigenvalue weighted by atomic mass is 16.5. The van der Waals surface area contributed by atoms with Gasteiger partial charge in [-0.05, 0) is 13.3 Å². The van der Waals surface area contributed by atoms with Gasteiger partial charge in [0.15, 0.2) is 0 Å². The molecule has 0 heterocycles. The summed E-state index contributed by atoms with van der Waals surface area (Å²) in [4.78, 5) is 0. The third-order valence-electron chi connectivity index (χ3n) is 0.805. The van der Waals surface area contributed by atoms with Crippen LogP contribution in [0.3, 0.4) is 0 Å². The quantitative estimate of drug-likeness (QED) is 0.584. The Morgan fingerprint density at radius 3 is 2.75 bits per heavy atom. The molecule has 0 aromatic carbocycles. The molecule has 49 valence electrons. The summed E-state index contributed by atoms with van der Waals surface area (Å²) in [6, 6.07) is 0. The van der Waals surface area contributed by atoms with Gasteiger partial charge < -0.3 is 9.84 Å². The summed E-state index contributed by atoms with van der Waals surface area (Å²) in [5.41, 5.74) is 0. The van der Waals surface area contributed by atoms with Crippen LogP contribution < -0.4 is 0 Å². The van der Waals surface area contributed by atoms with Crippen molar-refractivity contribution in [1.82, 2.24) is 0 Å². The van der Waals surface area contributed by atoms with E-state index in [2.05, 4.69) is 0 Å². The normalized spacial score (nSPS) is 13.9. The van der Waals surface area contributed by atoms with E-state index in [-0.39, 0.29) is 12.7 Å². The molecular formula is C6H13O2. The SMILES string of the molecule is C[CH]COC(C)CO. The van der Waals surface area contributed by atoms with Crippen LogP contribution in [0, 0.1) is 6.42 Å². The van der Waals surface area contributed by atoms with E-state index in [1.165, 1.54) is 0 Å². The fourth-order valence-electron chi connectivity index (χ4n) is 0.313. The lowest BCUT2D eigenvalue weighted by atomic mass is 10.4. The first-order chi connectivity index (χ1) is 3.81. The molecule has 1 radical (unpaired) electrons. The van der Waals surface area contributed by atoms with E-state index < -0.39 is 0 Å². The number of ether oxygens (including phenoxy) is 1. The average molecular weight is 117 g/mol. The molecule has 2 nitrogen and oxygen atoms in total. The Morgan fingerprint density at radius 2 is 2.38 bits per heavy atom. The number of aliphatic hydroxyl groups is 1. The molecule has 0 saturated carbocycles. The minimum Gasteiger partial charge on any atom is -0.394 e. The van der Waals surface area contributed by atoms with Gasteiger partial charge in [-0.25, -0.2) is 0 Å². The molecule has 0 aliphatic rings. The predicted molar refractivity (Wildman–Crippen MR) is 32.5 cm³/mol. The van der Waals surface area contributed by atoms with Crippen LogP contribution in [0.2, 0.25) is 0 Å². The first-order valence-corrected chi connectivity index (χ1v) is 2.81. The Kier molecular flexibility index (Phi) is 5.01. The summed E-state index contributed by atoms with van der Waals surface area (Å²) in [7, 11) is 0. The monoisotopic (exact) mass is 117 g/mol. The lowest BCUT2D eigenvalue weighted by Crippen LogP contribution is -2.13. The maximum Gasteiger partial charge on any atom is 0.0777 e. The first-order valence-electron chi connectivity index (χ1n) is 2.81. The fraction of sp³-hybridized carbons (Fsp3) is 0.833. The van der Waals surface area contributed by atoms with Crippen molar-refractivity contribution in [3.63, 3.8) is 0 Å². The third-order valence-corrected chi connectivity index (χ3v) is 0.805. The molecule has 1 atom stereocenters. The molecular weight excluding hydrogens is 104 g/mol. The van der Waals surface area contributed by atoms with Gasteiger partial charge in [0.25, 0.3) is 0 Å². The molecule has 1 unspecified atom stereocenters. The molecule has 8 heavy (non-hydrogen) atoms. The summed E-state index contributed by atoms with van der Waals surface area (Å²) in [6.45, 7) is 4.49. The van der Waals surface area contributed by atoms with Crippen molar-refractivity contribution in [2.75, 3.05) is 13.2 Å². The predicted octanol–water partition coefficient (Wildman–Crippen LogP) is 0.608. The molecule has 0 aliphatic heterocycles. The van der Waals surface area contributed by atoms with E-state index in [0.29, 0.717) is 6.61 Å². The zero-order valence-corrected chi connectivity index (χ0v) is 5.42. The Hall–Kier alpha value is -0.0800. The van der Waals surface area contributed by atoms with Crippen molar-refractivity contribution >= 4 is 0 Å². The van der Waals surface area contributed by atoms with Crippen molar-refractivity contribution in [1.29, 1.82) is 0 Å². The second-order valence-corrected chi connectivity index (χ2v) is 1.73. The Balaban J connectivity index is 2.86. The molecule has 2 heteroatoms. The zero-order chi connectivity index (χ0) is 6.41. The van der Waals surface area contributed by atoms with E-state index in [1.807, 2.05) is 20.3 Å². The van der Waals surface area contributed by atoms with Gasteiger partial charge in [-0.15, -0.1) is 0 Å². The molecule has 0 fully saturated rings. The van der Waals surface area contributed by atoms with E-state index in [0.717, 1.165) is 0 Å². The third kappa shape index (κ3) is 4.09. The van der Waals surface area contributed by atoms with Gasteiger partial charge in [0.1, 0.15) is 0 Å². The molecule has 0 spiro atoms. The number of rotatable bonds is 4. The first kappa shape index (κ1) is 7.92. The van der Waals surface area contributed by atoms with Crippen LogP contribution in [0.4, 0.5) is 0 Å². The molecule has 0 aromatic rings. The summed E-state index contributed by atoms with van der Waals surface area (Å²) in [5, 5.41) is 8.42. The standard InChI is InChI=1S/C6H13O2/c1-3-4-8-6(2)5-7/h3,6-7H,4-5H2,1-2H3. The maximum atomic E-state index is 8.42. The van der Waals surface area contributed by atoms with E-state index in [1.54, 1.807) is 0 Å². The lowest BCUT2D eigenvalue weighted by molar-refractivity contribution is 0.0366. The minimum absolute atomic E-state index is 0.0220. The van der Waals surface area contributed by atoms with Crippen molar-refractivity contribution in [2.24, 2.45) is 0 Å². The van der Waals surface area contributed by atoms with Crippen molar-refractivity contribution in [3.8, 4) is 0 Å². The smallest absolute Gasteiger partial charge is 0.0777 e. The Bertz CT molecular complexity index is 45.8. The minimum atomic E-state index is -0.0220. The van der Waals surface area contributed by atoms with Crippen molar-refractivity contribution in [2.45, 2.75) is 20.0 Å². The van der Waals surface area contributed by atoms with Crippen LogP contribution in [-0.4, -0.2) is 24.4 Å². The van der Waals surface area contributed by atoms with Crippen LogP contribution >= 0.6 is 0 Å². The highest BCUT2D eigenvalue weighted by Gasteiger charge is 1.95. The van der Waals surface area contributed by atoms with Gasteiger partial charge in [0.05, 0.1) is 12.7 Å². The highest BCUT2D eigenvalue weighted by molar-refractivity contribution is 4.54. The molecule has 0 bridgehead atoms. The van der Waals surface area contributed by atoms with Crippen molar-refractivity contribution < 1.29 is 9.84 Å². The van der Waals surface area contributed by atoms with Gasteiger partial charge >= 0.3 is 0 Å². The molecule has 0 saturated heterocycles.